The van der Waals surface area contributed by atoms with Gasteiger partial charge in [0.25, 0.3) is 0 Å². The lowest BCUT2D eigenvalue weighted by Gasteiger charge is -2.16. The van der Waals surface area contributed by atoms with E-state index < -0.39 is 5.97 Å². The van der Waals surface area contributed by atoms with E-state index in [-0.39, 0.29) is 6.42 Å². The Bertz CT molecular complexity index is 422. The molecule has 1 aromatic rings. The van der Waals surface area contributed by atoms with Gasteiger partial charge in [0.1, 0.15) is 5.75 Å². The van der Waals surface area contributed by atoms with Gasteiger partial charge in [-0.1, -0.05) is 0 Å². The summed E-state index contributed by atoms with van der Waals surface area (Å²) in [6.45, 7) is 8.66. The zero-order valence-electron chi connectivity index (χ0n) is 11.0. The van der Waals surface area contributed by atoms with Gasteiger partial charge in [-0.25, -0.2) is 0 Å². The minimum atomic E-state index is -0.754. The lowest BCUT2D eigenvalue weighted by atomic mass is 9.94. The van der Waals surface area contributed by atoms with Gasteiger partial charge >= 0.3 is 5.97 Å². The maximum Gasteiger partial charge on any atom is 0.303 e. The van der Waals surface area contributed by atoms with E-state index in [0.29, 0.717) is 13.0 Å². The van der Waals surface area contributed by atoms with Crippen LogP contribution in [0, 0.1) is 20.8 Å². The molecule has 0 aliphatic rings. The summed E-state index contributed by atoms with van der Waals surface area (Å²) in [6.07, 6.45) is 0.759. The first kappa shape index (κ1) is 13.6. The summed E-state index contributed by atoms with van der Waals surface area (Å²) in [6, 6.07) is 2.00. The third kappa shape index (κ3) is 3.22. The summed E-state index contributed by atoms with van der Waals surface area (Å²) in [7, 11) is 0. The lowest BCUT2D eigenvalue weighted by molar-refractivity contribution is -0.136. The molecule has 0 spiro atoms. The second-order valence-electron chi connectivity index (χ2n) is 4.25. The molecule has 1 N–H and O–H groups in total. The van der Waals surface area contributed by atoms with Crippen molar-refractivity contribution in [3.8, 4) is 5.75 Å². The van der Waals surface area contributed by atoms with Gasteiger partial charge in [0.05, 0.1) is 6.61 Å². The number of benzene rings is 1. The smallest absolute Gasteiger partial charge is 0.303 e. The van der Waals surface area contributed by atoms with E-state index in [2.05, 4.69) is 0 Å². The maximum atomic E-state index is 10.6. The molecule has 0 saturated heterocycles. The van der Waals surface area contributed by atoms with Gasteiger partial charge in [0.2, 0.25) is 0 Å². The van der Waals surface area contributed by atoms with Crippen LogP contribution in [-0.2, 0) is 11.2 Å². The Morgan fingerprint density at radius 1 is 1.29 bits per heavy atom. The average Bonchev–Trinajstić information content (AvgIpc) is 2.25. The van der Waals surface area contributed by atoms with E-state index in [9.17, 15) is 4.79 Å². The molecular formula is C14H20O3. The van der Waals surface area contributed by atoms with Crippen LogP contribution in [0.5, 0.6) is 5.75 Å². The van der Waals surface area contributed by atoms with Crippen molar-refractivity contribution in [1.29, 1.82) is 0 Å². The summed E-state index contributed by atoms with van der Waals surface area (Å²) in [4.78, 5) is 10.6. The van der Waals surface area contributed by atoms with Crippen molar-refractivity contribution in [2.75, 3.05) is 6.61 Å². The Morgan fingerprint density at radius 2 is 1.94 bits per heavy atom. The molecule has 0 radical (unpaired) electrons. The number of carboxylic acids is 1. The van der Waals surface area contributed by atoms with Crippen LogP contribution >= 0.6 is 0 Å². The molecule has 0 amide bonds. The third-order valence-electron chi connectivity index (χ3n) is 3.10. The van der Waals surface area contributed by atoms with Gasteiger partial charge < -0.3 is 9.84 Å². The topological polar surface area (TPSA) is 46.5 Å². The van der Waals surface area contributed by atoms with Gasteiger partial charge in [-0.2, -0.15) is 0 Å². The van der Waals surface area contributed by atoms with Gasteiger partial charge in [-0.3, -0.25) is 4.79 Å². The molecule has 0 atom stereocenters. The molecular weight excluding hydrogens is 216 g/mol. The van der Waals surface area contributed by atoms with Gasteiger partial charge in [-0.15, -0.1) is 0 Å². The fraction of sp³-hybridized carbons (Fsp3) is 0.500. The van der Waals surface area contributed by atoms with Gasteiger partial charge in [0.15, 0.2) is 0 Å². The molecule has 0 saturated carbocycles. The highest BCUT2D eigenvalue weighted by atomic mass is 16.5. The zero-order chi connectivity index (χ0) is 13.0. The Labute approximate surface area is 102 Å². The second-order valence-corrected chi connectivity index (χ2v) is 4.25. The van der Waals surface area contributed by atoms with Crippen molar-refractivity contribution < 1.29 is 14.6 Å². The number of aryl methyl sites for hydroxylation is 1. The summed E-state index contributed by atoms with van der Waals surface area (Å²) in [5.74, 6) is 0.150. The van der Waals surface area contributed by atoms with Crippen LogP contribution in [0.1, 0.15) is 35.6 Å². The Hall–Kier alpha value is -1.51. The van der Waals surface area contributed by atoms with Crippen molar-refractivity contribution in [2.24, 2.45) is 0 Å². The predicted molar refractivity (Wildman–Crippen MR) is 67.8 cm³/mol. The van der Waals surface area contributed by atoms with Crippen molar-refractivity contribution in [3.05, 3.63) is 28.3 Å². The highest BCUT2D eigenvalue weighted by molar-refractivity contribution is 5.67. The molecule has 3 heteroatoms. The summed E-state index contributed by atoms with van der Waals surface area (Å²) >= 11 is 0. The number of carbonyl (C=O) groups is 1. The molecule has 0 aliphatic carbocycles. The first-order valence-electron chi connectivity index (χ1n) is 5.91. The van der Waals surface area contributed by atoms with Gasteiger partial charge in [0, 0.05) is 6.42 Å². The number of carboxylic acid groups (broad SMARTS) is 1. The fourth-order valence-electron chi connectivity index (χ4n) is 2.02. The molecule has 3 nitrogen and oxygen atoms in total. The largest absolute Gasteiger partial charge is 0.494 e. The van der Waals surface area contributed by atoms with Gasteiger partial charge in [-0.05, 0) is 62.4 Å². The van der Waals surface area contributed by atoms with E-state index in [1.165, 1.54) is 0 Å². The number of hydrogen-bond donors (Lipinski definition) is 1. The van der Waals surface area contributed by atoms with E-state index in [0.717, 1.165) is 28.0 Å². The molecule has 0 unspecified atom stereocenters. The van der Waals surface area contributed by atoms with Crippen LogP contribution in [0.3, 0.4) is 0 Å². The van der Waals surface area contributed by atoms with Crippen LogP contribution in [-0.4, -0.2) is 17.7 Å². The minimum Gasteiger partial charge on any atom is -0.494 e. The minimum absolute atomic E-state index is 0.176. The Balaban J connectivity index is 3.07. The normalized spacial score (nSPS) is 10.4. The SMILES string of the molecule is CCOc1cc(C)c(CCC(=O)O)c(C)c1C. The number of hydrogen-bond acceptors (Lipinski definition) is 2. The molecule has 0 bridgehead atoms. The fourth-order valence-corrected chi connectivity index (χ4v) is 2.02. The first-order valence-corrected chi connectivity index (χ1v) is 5.91. The van der Waals surface area contributed by atoms with E-state index in [1.807, 2.05) is 33.8 Å². The number of ether oxygens (including phenoxy) is 1. The molecule has 1 rings (SSSR count). The number of rotatable bonds is 5. The Kier molecular flexibility index (Phi) is 4.55. The lowest BCUT2D eigenvalue weighted by Crippen LogP contribution is -2.04. The van der Waals surface area contributed by atoms with E-state index in [1.54, 1.807) is 0 Å². The first-order chi connectivity index (χ1) is 7.97. The zero-order valence-corrected chi connectivity index (χ0v) is 11.0. The summed E-state index contributed by atoms with van der Waals surface area (Å²) < 4.78 is 5.56. The highest BCUT2D eigenvalue weighted by Crippen LogP contribution is 2.28. The molecule has 0 aromatic heterocycles. The van der Waals surface area contributed by atoms with Crippen LogP contribution in [0.25, 0.3) is 0 Å². The third-order valence-corrected chi connectivity index (χ3v) is 3.10. The van der Waals surface area contributed by atoms with Crippen molar-refractivity contribution in [1.82, 2.24) is 0 Å². The molecule has 0 heterocycles. The van der Waals surface area contributed by atoms with Crippen LogP contribution < -0.4 is 4.74 Å². The molecule has 0 aliphatic heterocycles. The van der Waals surface area contributed by atoms with E-state index >= 15 is 0 Å². The monoisotopic (exact) mass is 236 g/mol. The van der Waals surface area contributed by atoms with Crippen molar-refractivity contribution >= 4 is 5.97 Å². The number of aliphatic carboxylic acids is 1. The molecule has 94 valence electrons. The van der Waals surface area contributed by atoms with Crippen LogP contribution in [0.4, 0.5) is 0 Å². The molecule has 17 heavy (non-hydrogen) atoms. The predicted octanol–water partition coefficient (Wildman–Crippen LogP) is 3.03. The second kappa shape index (κ2) is 5.71. The van der Waals surface area contributed by atoms with Crippen LogP contribution in [0.2, 0.25) is 0 Å². The molecule has 1 aromatic carbocycles. The molecule has 0 fully saturated rings. The average molecular weight is 236 g/mol. The quantitative estimate of drug-likeness (QED) is 0.854. The van der Waals surface area contributed by atoms with Crippen LogP contribution in [0.15, 0.2) is 6.07 Å². The van der Waals surface area contributed by atoms with E-state index in [4.69, 9.17) is 9.84 Å². The summed E-state index contributed by atoms with van der Waals surface area (Å²) in [5.41, 5.74) is 4.50. The maximum absolute atomic E-state index is 10.6. The standard InChI is InChI=1S/C14H20O3/c1-5-17-13-8-9(2)12(6-7-14(15)16)10(3)11(13)4/h8H,5-7H2,1-4H3,(H,15,16). The van der Waals surface area contributed by atoms with Crippen molar-refractivity contribution in [2.45, 2.75) is 40.5 Å². The summed E-state index contributed by atoms with van der Waals surface area (Å²) in [5, 5.41) is 8.74. The highest BCUT2D eigenvalue weighted by Gasteiger charge is 2.11. The van der Waals surface area contributed by atoms with Crippen molar-refractivity contribution in [3.63, 3.8) is 0 Å². The Morgan fingerprint density at radius 3 is 2.47 bits per heavy atom.